The zero-order chi connectivity index (χ0) is 19.9. The zero-order valence-corrected chi connectivity index (χ0v) is 17.1. The molecule has 142 valence electrons. The minimum absolute atomic E-state index is 0.199. The number of nitrogens with zero attached hydrogens (tertiary/aromatic N) is 2. The maximum atomic E-state index is 15.0. The number of hydrogen-bond acceptors (Lipinski definition) is 4. The van der Waals surface area contributed by atoms with Crippen molar-refractivity contribution in [3.8, 4) is 0 Å². The molecular weight excluding hydrogens is 439 g/mol. The average Bonchev–Trinajstić information content (AvgIpc) is 3.00. The fraction of sp³-hybridized carbons (Fsp3) is 0.176. The van der Waals surface area contributed by atoms with E-state index in [1.807, 2.05) is 0 Å². The minimum Gasteiger partial charge on any atom is -0.345 e. The molecule has 3 rings (SSSR count). The van der Waals surface area contributed by atoms with Gasteiger partial charge >= 0.3 is 10.2 Å². The van der Waals surface area contributed by atoms with Gasteiger partial charge in [-0.1, -0.05) is 6.07 Å². The Kier molecular flexibility index (Phi) is 5.06. The molecule has 2 N–H and O–H groups in total. The quantitative estimate of drug-likeness (QED) is 0.578. The van der Waals surface area contributed by atoms with Crippen molar-refractivity contribution in [2.24, 2.45) is 0 Å². The fourth-order valence-electron chi connectivity index (χ4n) is 2.56. The number of pyridine rings is 1. The van der Waals surface area contributed by atoms with Gasteiger partial charge in [-0.15, -0.1) is 0 Å². The van der Waals surface area contributed by atoms with Crippen LogP contribution in [0, 0.1) is 12.7 Å². The lowest BCUT2D eigenvalue weighted by Crippen LogP contribution is -2.29. The largest absolute Gasteiger partial charge is 0.345 e. The van der Waals surface area contributed by atoms with Gasteiger partial charge in [0.15, 0.2) is 11.6 Å². The summed E-state index contributed by atoms with van der Waals surface area (Å²) in [5.41, 5.74) is 0.631. The summed E-state index contributed by atoms with van der Waals surface area (Å²) < 4.78 is 42.8. The summed E-state index contributed by atoms with van der Waals surface area (Å²) in [7, 11) is -1.28. The molecule has 10 heteroatoms. The van der Waals surface area contributed by atoms with Gasteiger partial charge in [0.05, 0.1) is 11.3 Å². The van der Waals surface area contributed by atoms with Crippen LogP contribution in [0.1, 0.15) is 21.5 Å². The average molecular weight is 455 g/mol. The number of ketones is 1. The van der Waals surface area contributed by atoms with Crippen molar-refractivity contribution in [2.75, 3.05) is 18.8 Å². The van der Waals surface area contributed by atoms with E-state index in [-0.39, 0.29) is 16.8 Å². The van der Waals surface area contributed by atoms with E-state index in [2.05, 4.69) is 30.6 Å². The third-order valence-electron chi connectivity index (χ3n) is 4.04. The number of aromatic nitrogens is 2. The number of rotatable bonds is 5. The van der Waals surface area contributed by atoms with Crippen LogP contribution in [0.25, 0.3) is 11.0 Å². The van der Waals surface area contributed by atoms with E-state index < -0.39 is 21.8 Å². The lowest BCUT2D eigenvalue weighted by atomic mass is 9.98. The predicted octanol–water partition coefficient (Wildman–Crippen LogP) is 3.22. The summed E-state index contributed by atoms with van der Waals surface area (Å²) in [6, 6.07) is 4.49. The molecule has 0 fully saturated rings. The van der Waals surface area contributed by atoms with Crippen molar-refractivity contribution in [3.05, 3.63) is 57.6 Å². The highest BCUT2D eigenvalue weighted by Gasteiger charge is 2.24. The minimum atomic E-state index is -3.91. The van der Waals surface area contributed by atoms with Gasteiger partial charge in [-0.2, -0.15) is 12.7 Å². The molecule has 0 saturated carbocycles. The van der Waals surface area contributed by atoms with E-state index in [1.165, 1.54) is 32.4 Å². The van der Waals surface area contributed by atoms with Crippen LogP contribution in [0.5, 0.6) is 0 Å². The molecule has 0 saturated heterocycles. The molecule has 0 spiro atoms. The van der Waals surface area contributed by atoms with E-state index in [0.717, 1.165) is 4.31 Å². The Morgan fingerprint density at radius 3 is 2.70 bits per heavy atom. The predicted molar refractivity (Wildman–Crippen MR) is 105 cm³/mol. The van der Waals surface area contributed by atoms with Crippen LogP contribution in [0.3, 0.4) is 0 Å². The van der Waals surface area contributed by atoms with Crippen molar-refractivity contribution in [2.45, 2.75) is 6.92 Å². The first-order chi connectivity index (χ1) is 12.6. The Morgan fingerprint density at radius 2 is 2.04 bits per heavy atom. The lowest BCUT2D eigenvalue weighted by Gasteiger charge is -2.16. The number of hydrogen-bond donors (Lipinski definition) is 2. The molecule has 0 aliphatic rings. The molecule has 0 bridgehead atoms. The van der Waals surface area contributed by atoms with Crippen LogP contribution in [0.15, 0.2) is 35.1 Å². The van der Waals surface area contributed by atoms with E-state index in [0.29, 0.717) is 21.1 Å². The Balaban J connectivity index is 2.12. The third kappa shape index (κ3) is 3.60. The van der Waals surface area contributed by atoms with Gasteiger partial charge in [0, 0.05) is 41.9 Å². The Bertz CT molecular complexity index is 1160. The van der Waals surface area contributed by atoms with Crippen LogP contribution in [0.2, 0.25) is 0 Å². The number of aromatic amines is 1. The highest BCUT2D eigenvalue weighted by atomic mass is 79.9. The van der Waals surface area contributed by atoms with Crippen molar-refractivity contribution in [1.29, 1.82) is 0 Å². The monoisotopic (exact) mass is 454 g/mol. The molecule has 2 aromatic heterocycles. The number of carbonyl (C=O) groups is 1. The number of H-pyrrole nitrogens is 1. The number of anilines is 1. The summed E-state index contributed by atoms with van der Waals surface area (Å²) >= 11 is 3.30. The molecular formula is C17H16BrFN4O3S. The zero-order valence-electron chi connectivity index (χ0n) is 14.7. The lowest BCUT2D eigenvalue weighted by molar-refractivity contribution is 0.103. The second kappa shape index (κ2) is 7.02. The molecule has 2 heterocycles. The number of fused-ring (bicyclic) bond motifs is 1. The second-order valence-corrected chi connectivity index (χ2v) is 8.89. The fourth-order valence-corrected chi connectivity index (χ4v) is 3.51. The van der Waals surface area contributed by atoms with Crippen LogP contribution < -0.4 is 4.72 Å². The first kappa shape index (κ1) is 19.5. The molecule has 1 aromatic carbocycles. The molecule has 7 nitrogen and oxygen atoms in total. The van der Waals surface area contributed by atoms with E-state index in [1.54, 1.807) is 19.2 Å². The molecule has 3 aromatic rings. The van der Waals surface area contributed by atoms with Gasteiger partial charge in [0.1, 0.15) is 5.65 Å². The third-order valence-corrected chi connectivity index (χ3v) is 5.91. The molecule has 0 amide bonds. The second-order valence-electron chi connectivity index (χ2n) is 6.09. The molecule has 0 aliphatic carbocycles. The maximum absolute atomic E-state index is 15.0. The number of benzene rings is 1. The first-order valence-electron chi connectivity index (χ1n) is 7.78. The summed E-state index contributed by atoms with van der Waals surface area (Å²) in [6.45, 7) is 1.59. The molecule has 27 heavy (non-hydrogen) atoms. The molecule has 0 unspecified atom stereocenters. The van der Waals surface area contributed by atoms with Crippen molar-refractivity contribution < 1.29 is 17.6 Å². The number of aryl methyl sites for hydroxylation is 1. The number of halogens is 2. The van der Waals surface area contributed by atoms with E-state index >= 15 is 4.39 Å². The standard InChI is InChI=1S/C17H16BrFN4O3S/c1-9-4-5-13(22-27(25,26)23(2)3)15(19)14(9)16(24)12-8-21-17-11(12)6-10(18)7-20-17/h4-8,22H,1-3H3,(H,20,21). The van der Waals surface area contributed by atoms with Crippen molar-refractivity contribution in [3.63, 3.8) is 0 Å². The Morgan fingerprint density at radius 1 is 1.33 bits per heavy atom. The van der Waals surface area contributed by atoms with Crippen molar-refractivity contribution >= 4 is 48.6 Å². The van der Waals surface area contributed by atoms with E-state index in [4.69, 9.17) is 0 Å². The smallest absolute Gasteiger partial charge is 0.301 e. The van der Waals surface area contributed by atoms with Gasteiger partial charge in [-0.3, -0.25) is 9.52 Å². The van der Waals surface area contributed by atoms with Gasteiger partial charge in [0.2, 0.25) is 0 Å². The summed E-state index contributed by atoms with van der Waals surface area (Å²) in [5, 5.41) is 0.535. The topological polar surface area (TPSA) is 95.2 Å². The summed E-state index contributed by atoms with van der Waals surface area (Å²) in [6.07, 6.45) is 3.04. The van der Waals surface area contributed by atoms with Gasteiger partial charge in [-0.05, 0) is 40.5 Å². The maximum Gasteiger partial charge on any atom is 0.301 e. The Labute approximate surface area is 163 Å². The Hall–Kier alpha value is -2.30. The number of nitrogens with one attached hydrogen (secondary N) is 2. The number of carbonyl (C=O) groups excluding carboxylic acids is 1. The SMILES string of the molecule is Cc1ccc(NS(=O)(=O)N(C)C)c(F)c1C(=O)c1c[nH]c2ncc(Br)cc12. The highest BCUT2D eigenvalue weighted by Crippen LogP contribution is 2.28. The highest BCUT2D eigenvalue weighted by molar-refractivity contribution is 9.10. The molecule has 0 atom stereocenters. The summed E-state index contributed by atoms with van der Waals surface area (Å²) in [4.78, 5) is 20.1. The molecule has 0 aliphatic heterocycles. The molecule has 0 radical (unpaired) electrons. The van der Waals surface area contributed by atoms with Crippen LogP contribution in [-0.4, -0.2) is 42.6 Å². The van der Waals surface area contributed by atoms with Crippen molar-refractivity contribution in [1.82, 2.24) is 14.3 Å². The normalized spacial score (nSPS) is 11.9. The van der Waals surface area contributed by atoms with Gasteiger partial charge in [0.25, 0.3) is 0 Å². The van der Waals surface area contributed by atoms with Crippen LogP contribution in [-0.2, 0) is 10.2 Å². The van der Waals surface area contributed by atoms with E-state index in [9.17, 15) is 13.2 Å². The van der Waals surface area contributed by atoms with Crippen LogP contribution in [0.4, 0.5) is 10.1 Å². The van der Waals surface area contributed by atoms with Crippen LogP contribution >= 0.6 is 15.9 Å². The first-order valence-corrected chi connectivity index (χ1v) is 10.0. The summed E-state index contributed by atoms with van der Waals surface area (Å²) in [5.74, 6) is -1.50. The van der Waals surface area contributed by atoms with Gasteiger partial charge in [-0.25, -0.2) is 9.37 Å². The van der Waals surface area contributed by atoms with Gasteiger partial charge < -0.3 is 4.98 Å².